The van der Waals surface area contributed by atoms with Gasteiger partial charge in [-0.2, -0.15) is 10.2 Å². The number of carbonyl (C=O) groups is 2. The van der Waals surface area contributed by atoms with Crippen LogP contribution in [-0.2, 0) is 29.1 Å². The number of halogens is 6. The molecule has 0 unspecified atom stereocenters. The summed E-state index contributed by atoms with van der Waals surface area (Å²) in [6.45, 7) is 5.39. The number of allylic oxidation sites excluding steroid dienone is 4. The first-order valence-electron chi connectivity index (χ1n) is 7.86. The maximum atomic E-state index is 9.98. The number of hydrogen-bond acceptors (Lipinski definition) is 6. The van der Waals surface area contributed by atoms with Crippen molar-refractivity contribution < 1.29 is 64.5 Å². The number of H-pyrrole nitrogens is 2. The van der Waals surface area contributed by atoms with Gasteiger partial charge in [-0.15, -0.1) is 11.5 Å². The fourth-order valence-corrected chi connectivity index (χ4v) is 1.00. The van der Waals surface area contributed by atoms with Crippen LogP contribution in [0, 0.1) is 0 Å². The second kappa shape index (κ2) is 16.2. The van der Waals surface area contributed by atoms with E-state index in [4.69, 9.17) is 0 Å². The van der Waals surface area contributed by atoms with E-state index in [-0.39, 0.29) is 42.6 Å². The number of nitrogens with one attached hydrogen (secondary N) is 2. The molecule has 0 aromatic carbocycles. The molecule has 8 nitrogen and oxygen atoms in total. The Balaban J connectivity index is -0.000000153. The number of rotatable bonds is 2. The van der Waals surface area contributed by atoms with Crippen LogP contribution in [0.5, 0.6) is 0 Å². The molecule has 2 N–H and O–H groups in total. The zero-order valence-corrected chi connectivity index (χ0v) is 19.8. The molecule has 0 saturated carbocycles. The summed E-state index contributed by atoms with van der Waals surface area (Å²) in [6, 6.07) is 3.67. The number of nitrogens with zero attached hydrogens (tertiary/aromatic N) is 2. The minimum Gasteiger partial charge on any atom is -0.286 e. The molecule has 0 aliphatic heterocycles. The van der Waals surface area contributed by atoms with E-state index >= 15 is 0 Å². The predicted molar refractivity (Wildman–Crippen MR) is 99.6 cm³/mol. The average molecular weight is 580 g/mol. The van der Waals surface area contributed by atoms with Crippen molar-refractivity contribution in [1.82, 2.24) is 20.4 Å². The zero-order valence-electron chi connectivity index (χ0n) is 17.2. The number of aromatic nitrogens is 4. The van der Waals surface area contributed by atoms with E-state index in [2.05, 4.69) is 20.4 Å². The summed E-state index contributed by atoms with van der Waals surface area (Å²) in [6.07, 6.45) is 9.03. The monoisotopic (exact) mass is 581 g/mol. The van der Waals surface area contributed by atoms with Crippen LogP contribution in [-0.4, -0.2) is 32.0 Å². The van der Waals surface area contributed by atoms with Crippen LogP contribution in [0.4, 0.5) is 25.2 Å². The van der Waals surface area contributed by atoms with E-state index in [1.165, 1.54) is 27.7 Å². The molecule has 2 rings (SSSR count). The Morgan fingerprint density at radius 2 is 1.00 bits per heavy atom. The molecule has 2 heterocycles. The summed E-state index contributed by atoms with van der Waals surface area (Å²) >= 11 is 0. The molecular formula is C16H22F6N4O4PRu. The molecular weight excluding hydrogens is 558 g/mol. The Bertz CT molecular complexity index is 688. The predicted octanol–water partition coefficient (Wildman–Crippen LogP) is 3.88. The van der Waals surface area contributed by atoms with Gasteiger partial charge in [-0.25, -0.2) is 0 Å². The van der Waals surface area contributed by atoms with Crippen molar-refractivity contribution in [2.75, 3.05) is 0 Å². The third-order valence-electron chi connectivity index (χ3n) is 1.62. The fourth-order valence-electron chi connectivity index (χ4n) is 1.00. The van der Waals surface area contributed by atoms with Crippen LogP contribution >= 0.6 is 7.81 Å². The molecule has 0 atom stereocenters. The summed E-state index contributed by atoms with van der Waals surface area (Å²) in [5, 5.41) is 32.4. The first-order valence-corrected chi connectivity index (χ1v) is 9.89. The van der Waals surface area contributed by atoms with Gasteiger partial charge < -0.3 is 10.2 Å². The number of hydrogen-bond donors (Lipinski definition) is 2. The van der Waals surface area contributed by atoms with E-state index in [0.717, 1.165) is 12.2 Å². The molecule has 185 valence electrons. The largest absolute Gasteiger partial charge is 3.00 e. The van der Waals surface area contributed by atoms with E-state index in [9.17, 15) is 45.0 Å². The van der Waals surface area contributed by atoms with E-state index in [1.807, 2.05) is 12.1 Å². The summed E-state index contributed by atoms with van der Waals surface area (Å²) in [5.74, 6) is -0.750. The molecule has 0 spiro atoms. The zero-order chi connectivity index (χ0) is 25.2. The fraction of sp³-hybridized carbons (Fsp3) is 0.250. The molecule has 0 aliphatic rings. The minimum atomic E-state index is -10.7. The van der Waals surface area contributed by atoms with Crippen molar-refractivity contribution in [3.63, 3.8) is 0 Å². The number of aromatic amines is 2. The standard InChI is InChI=1S/2C5H8O2.2C3H4N2.F6P.Ru/c2*1-4(6)3-5(2)7;2*1-2-4-5-3-1;1-7(2,3,4,5)6;/h2*3,6H,1-2H3;2*1-3H,(H,4,5);;/q;;;;-1;+3/p-2/b2*4-3-;;;;. The van der Waals surface area contributed by atoms with Gasteiger partial charge in [-0.3, -0.25) is 19.8 Å². The maximum absolute atomic E-state index is 10.7. The van der Waals surface area contributed by atoms with Crippen molar-refractivity contribution >= 4 is 19.4 Å². The second-order valence-electron chi connectivity index (χ2n) is 5.22. The Morgan fingerprint density at radius 1 is 0.750 bits per heavy atom. The average Bonchev–Trinajstić information content (AvgIpc) is 3.21. The molecule has 0 bridgehead atoms. The van der Waals surface area contributed by atoms with Crippen LogP contribution in [0.2, 0.25) is 0 Å². The molecule has 0 fully saturated rings. The van der Waals surface area contributed by atoms with Crippen molar-refractivity contribution in [1.29, 1.82) is 0 Å². The summed E-state index contributed by atoms with van der Waals surface area (Å²) in [7, 11) is -10.7. The Hall–Kier alpha value is -2.53. The Labute approximate surface area is 192 Å². The Kier molecular flexibility index (Phi) is 18.6. The van der Waals surface area contributed by atoms with Gasteiger partial charge in [0.25, 0.3) is 0 Å². The van der Waals surface area contributed by atoms with Crippen LogP contribution in [0.15, 0.2) is 60.6 Å². The molecule has 16 heteroatoms. The van der Waals surface area contributed by atoms with Crippen LogP contribution in [0.1, 0.15) is 27.7 Å². The SMILES string of the molecule is CC(=O)/C=C(/C)[O-].CC(=O)/C=C(/C)[O-].F[P-](F)(F)(F)(F)F.[Ru+3].c1cn[nH]c1.c1cn[nH]c1. The Morgan fingerprint density at radius 3 is 1.03 bits per heavy atom. The van der Waals surface area contributed by atoms with Gasteiger partial charge in [-0.1, -0.05) is 13.8 Å². The summed E-state index contributed by atoms with van der Waals surface area (Å²) in [4.78, 5) is 20.0. The van der Waals surface area contributed by atoms with Crippen LogP contribution in [0.3, 0.4) is 0 Å². The summed E-state index contributed by atoms with van der Waals surface area (Å²) in [5.41, 5.74) is 0. The first kappa shape index (κ1) is 36.8. The molecule has 0 aliphatic carbocycles. The topological polar surface area (TPSA) is 138 Å². The molecule has 2 aromatic heterocycles. The third kappa shape index (κ3) is 80.4. The van der Waals surface area contributed by atoms with Crippen molar-refractivity contribution in [2.45, 2.75) is 27.7 Å². The van der Waals surface area contributed by atoms with Gasteiger partial charge in [0.2, 0.25) is 0 Å². The molecule has 32 heavy (non-hydrogen) atoms. The number of ketones is 2. The van der Waals surface area contributed by atoms with Gasteiger partial charge in [0.1, 0.15) is 0 Å². The molecule has 2 aromatic rings. The van der Waals surface area contributed by atoms with Gasteiger partial charge in [0, 0.05) is 24.8 Å². The van der Waals surface area contributed by atoms with E-state index < -0.39 is 7.81 Å². The second-order valence-corrected chi connectivity index (χ2v) is 7.14. The molecule has 0 saturated heterocycles. The van der Waals surface area contributed by atoms with Crippen LogP contribution in [0.25, 0.3) is 0 Å². The van der Waals surface area contributed by atoms with Gasteiger partial charge in [0.15, 0.2) is 11.6 Å². The first-order chi connectivity index (χ1) is 13.7. The smallest absolute Gasteiger partial charge is 0.286 e. The maximum Gasteiger partial charge on any atom is 3.00 e. The minimum absolute atomic E-state index is 0. The van der Waals surface area contributed by atoms with Gasteiger partial charge >= 0.3 is 52.5 Å². The van der Waals surface area contributed by atoms with Crippen molar-refractivity contribution in [3.8, 4) is 0 Å². The van der Waals surface area contributed by atoms with Gasteiger partial charge in [-0.05, 0) is 38.1 Å². The quantitative estimate of drug-likeness (QED) is 0.182. The third-order valence-corrected chi connectivity index (χ3v) is 1.62. The van der Waals surface area contributed by atoms with Crippen molar-refractivity contribution in [2.24, 2.45) is 0 Å². The van der Waals surface area contributed by atoms with Crippen molar-refractivity contribution in [3.05, 3.63) is 60.6 Å². The van der Waals surface area contributed by atoms with Gasteiger partial charge in [0.05, 0.1) is 0 Å². The molecule has 1 radical (unpaired) electrons. The van der Waals surface area contributed by atoms with E-state index in [0.29, 0.717) is 0 Å². The molecule has 0 amide bonds. The normalized spacial score (nSPS) is 12.6. The van der Waals surface area contributed by atoms with E-state index in [1.54, 1.807) is 24.8 Å². The summed E-state index contributed by atoms with van der Waals surface area (Å²) < 4.78 is 59.2. The number of carbonyl (C=O) groups excluding carboxylic acids is 2. The van der Waals surface area contributed by atoms with Crippen LogP contribution < -0.4 is 10.2 Å².